The lowest BCUT2D eigenvalue weighted by Gasteiger charge is -2.36. The maximum absolute atomic E-state index is 14.0. The molecule has 0 aliphatic heterocycles. The summed E-state index contributed by atoms with van der Waals surface area (Å²) in [4.78, 5) is 0. The molecule has 0 radical (unpaired) electrons. The summed E-state index contributed by atoms with van der Waals surface area (Å²) < 4.78 is 14.0. The Balaban J connectivity index is 2.10. The van der Waals surface area contributed by atoms with Gasteiger partial charge >= 0.3 is 0 Å². The molecule has 1 aliphatic rings. The quantitative estimate of drug-likeness (QED) is 0.873. The standard InChI is InChI=1S/C16H23ClFN/c1-10(2)11-6-7-15(19)13(8-11)9-12-4-3-5-14(17)16(12)18/h3-5,10-11,13,15H,6-9,19H2,1-2H3. The molecule has 0 amide bonds. The Kier molecular flexibility index (Phi) is 4.86. The second-order valence-electron chi connectivity index (χ2n) is 6.16. The van der Waals surface area contributed by atoms with E-state index in [0.29, 0.717) is 29.7 Å². The first-order chi connectivity index (χ1) is 8.99. The Morgan fingerprint density at radius 1 is 1.37 bits per heavy atom. The number of nitrogens with two attached hydrogens (primary N) is 1. The molecule has 0 bridgehead atoms. The molecule has 2 rings (SSSR count). The van der Waals surface area contributed by atoms with Gasteiger partial charge < -0.3 is 5.73 Å². The summed E-state index contributed by atoms with van der Waals surface area (Å²) in [5, 5.41) is 0.210. The highest BCUT2D eigenvalue weighted by molar-refractivity contribution is 6.30. The molecule has 3 unspecified atom stereocenters. The van der Waals surface area contributed by atoms with Crippen LogP contribution in [0.4, 0.5) is 4.39 Å². The predicted octanol–water partition coefficient (Wildman–Crippen LogP) is 4.42. The molecular weight excluding hydrogens is 261 g/mol. The van der Waals surface area contributed by atoms with Crippen LogP contribution in [-0.2, 0) is 6.42 Å². The minimum Gasteiger partial charge on any atom is -0.327 e. The zero-order valence-corrected chi connectivity index (χ0v) is 12.5. The Bertz CT molecular complexity index is 433. The number of hydrogen-bond acceptors (Lipinski definition) is 1. The van der Waals surface area contributed by atoms with Crippen LogP contribution in [0.5, 0.6) is 0 Å². The normalized spacial score (nSPS) is 27.8. The van der Waals surface area contributed by atoms with E-state index in [1.165, 1.54) is 6.42 Å². The van der Waals surface area contributed by atoms with E-state index in [-0.39, 0.29) is 16.9 Å². The fourth-order valence-electron chi connectivity index (χ4n) is 3.15. The van der Waals surface area contributed by atoms with E-state index in [4.69, 9.17) is 17.3 Å². The highest BCUT2D eigenvalue weighted by atomic mass is 35.5. The van der Waals surface area contributed by atoms with Gasteiger partial charge in [0, 0.05) is 6.04 Å². The first kappa shape index (κ1) is 14.8. The van der Waals surface area contributed by atoms with Gasteiger partial charge in [0.2, 0.25) is 0 Å². The molecule has 1 nitrogen and oxygen atoms in total. The lowest BCUT2D eigenvalue weighted by atomic mass is 9.72. The molecular formula is C16H23ClFN. The maximum atomic E-state index is 14.0. The first-order valence-electron chi connectivity index (χ1n) is 7.17. The smallest absolute Gasteiger partial charge is 0.144 e. The topological polar surface area (TPSA) is 26.0 Å². The van der Waals surface area contributed by atoms with E-state index in [1.807, 2.05) is 12.1 Å². The maximum Gasteiger partial charge on any atom is 0.144 e. The minimum atomic E-state index is -0.275. The van der Waals surface area contributed by atoms with Crippen LogP contribution in [0.25, 0.3) is 0 Å². The van der Waals surface area contributed by atoms with Gasteiger partial charge in [-0.05, 0) is 55.1 Å². The van der Waals surface area contributed by atoms with Crippen molar-refractivity contribution in [3.63, 3.8) is 0 Å². The van der Waals surface area contributed by atoms with E-state index < -0.39 is 0 Å². The van der Waals surface area contributed by atoms with Crippen LogP contribution in [0.15, 0.2) is 18.2 Å². The van der Waals surface area contributed by atoms with E-state index in [2.05, 4.69) is 13.8 Å². The first-order valence-corrected chi connectivity index (χ1v) is 7.55. The van der Waals surface area contributed by atoms with Crippen LogP contribution in [0.3, 0.4) is 0 Å². The summed E-state index contributed by atoms with van der Waals surface area (Å²) in [7, 11) is 0. The van der Waals surface area contributed by atoms with E-state index in [9.17, 15) is 4.39 Å². The Morgan fingerprint density at radius 2 is 2.11 bits per heavy atom. The van der Waals surface area contributed by atoms with Crippen molar-refractivity contribution in [1.82, 2.24) is 0 Å². The molecule has 0 aromatic heterocycles. The van der Waals surface area contributed by atoms with Gasteiger partial charge in [0.25, 0.3) is 0 Å². The van der Waals surface area contributed by atoms with Crippen molar-refractivity contribution in [2.75, 3.05) is 0 Å². The van der Waals surface area contributed by atoms with Crippen LogP contribution in [0, 0.1) is 23.6 Å². The molecule has 3 heteroatoms. The molecule has 19 heavy (non-hydrogen) atoms. The monoisotopic (exact) mass is 283 g/mol. The van der Waals surface area contributed by atoms with Crippen LogP contribution in [0.1, 0.15) is 38.7 Å². The number of halogens is 2. The second kappa shape index (κ2) is 6.23. The molecule has 3 atom stereocenters. The van der Waals surface area contributed by atoms with Crippen molar-refractivity contribution in [3.05, 3.63) is 34.6 Å². The van der Waals surface area contributed by atoms with Gasteiger partial charge in [-0.15, -0.1) is 0 Å². The molecule has 1 aromatic rings. The Hall–Kier alpha value is -0.600. The zero-order chi connectivity index (χ0) is 14.0. The molecule has 0 spiro atoms. The van der Waals surface area contributed by atoms with E-state index in [1.54, 1.807) is 6.07 Å². The van der Waals surface area contributed by atoms with Crippen molar-refractivity contribution >= 4 is 11.6 Å². The molecule has 1 aliphatic carbocycles. The van der Waals surface area contributed by atoms with Gasteiger partial charge in [0.1, 0.15) is 5.82 Å². The van der Waals surface area contributed by atoms with Crippen molar-refractivity contribution in [2.45, 2.75) is 45.6 Å². The second-order valence-corrected chi connectivity index (χ2v) is 6.57. The van der Waals surface area contributed by atoms with Crippen LogP contribution >= 0.6 is 11.6 Å². The average molecular weight is 284 g/mol. The predicted molar refractivity (Wildman–Crippen MR) is 78.8 cm³/mol. The largest absolute Gasteiger partial charge is 0.327 e. The summed E-state index contributed by atoms with van der Waals surface area (Å²) in [6, 6.07) is 5.42. The lowest BCUT2D eigenvalue weighted by Crippen LogP contribution is -2.38. The fourth-order valence-corrected chi connectivity index (χ4v) is 3.35. The highest BCUT2D eigenvalue weighted by Gasteiger charge is 2.30. The van der Waals surface area contributed by atoms with Crippen molar-refractivity contribution in [1.29, 1.82) is 0 Å². The summed E-state index contributed by atoms with van der Waals surface area (Å²) in [5.74, 6) is 1.49. The van der Waals surface area contributed by atoms with Crippen LogP contribution in [0.2, 0.25) is 5.02 Å². The van der Waals surface area contributed by atoms with Crippen LogP contribution < -0.4 is 5.73 Å². The van der Waals surface area contributed by atoms with E-state index >= 15 is 0 Å². The summed E-state index contributed by atoms with van der Waals surface area (Å²) >= 11 is 5.84. The molecule has 0 saturated heterocycles. The minimum absolute atomic E-state index is 0.188. The molecule has 2 N–H and O–H groups in total. The average Bonchev–Trinajstić information content (AvgIpc) is 2.37. The highest BCUT2D eigenvalue weighted by Crippen LogP contribution is 2.35. The SMILES string of the molecule is CC(C)C1CCC(N)C(Cc2cccc(Cl)c2F)C1. The van der Waals surface area contributed by atoms with Crippen molar-refractivity contribution in [3.8, 4) is 0 Å². The van der Waals surface area contributed by atoms with Gasteiger partial charge in [-0.3, -0.25) is 0 Å². The Labute approximate surface area is 120 Å². The van der Waals surface area contributed by atoms with Gasteiger partial charge in [-0.25, -0.2) is 4.39 Å². The Morgan fingerprint density at radius 3 is 2.79 bits per heavy atom. The zero-order valence-electron chi connectivity index (χ0n) is 11.7. The van der Waals surface area contributed by atoms with Crippen LogP contribution in [-0.4, -0.2) is 6.04 Å². The molecule has 1 fully saturated rings. The third-order valence-electron chi connectivity index (χ3n) is 4.54. The lowest BCUT2D eigenvalue weighted by molar-refractivity contribution is 0.188. The fraction of sp³-hybridized carbons (Fsp3) is 0.625. The molecule has 0 heterocycles. The third-order valence-corrected chi connectivity index (χ3v) is 4.83. The summed E-state index contributed by atoms with van der Waals surface area (Å²) in [6.07, 6.45) is 4.06. The number of benzene rings is 1. The third kappa shape index (κ3) is 3.49. The molecule has 1 aromatic carbocycles. The van der Waals surface area contributed by atoms with Gasteiger partial charge in [0.15, 0.2) is 0 Å². The number of rotatable bonds is 3. The van der Waals surface area contributed by atoms with E-state index in [0.717, 1.165) is 12.8 Å². The summed E-state index contributed by atoms with van der Waals surface area (Å²) in [5.41, 5.74) is 6.93. The summed E-state index contributed by atoms with van der Waals surface area (Å²) in [6.45, 7) is 4.52. The van der Waals surface area contributed by atoms with Gasteiger partial charge in [-0.2, -0.15) is 0 Å². The molecule has 106 valence electrons. The van der Waals surface area contributed by atoms with Crippen molar-refractivity contribution in [2.24, 2.45) is 23.5 Å². The molecule has 1 saturated carbocycles. The van der Waals surface area contributed by atoms with Gasteiger partial charge in [0.05, 0.1) is 5.02 Å². The van der Waals surface area contributed by atoms with Crippen molar-refractivity contribution < 1.29 is 4.39 Å². The van der Waals surface area contributed by atoms with Gasteiger partial charge in [-0.1, -0.05) is 37.6 Å². The number of hydrogen-bond donors (Lipinski definition) is 1.